The van der Waals surface area contributed by atoms with E-state index in [1.54, 1.807) is 36.4 Å². The smallest absolute Gasteiger partial charge is 0.245 e. The molecule has 0 saturated carbocycles. The lowest BCUT2D eigenvalue weighted by Crippen LogP contribution is -2.41. The van der Waals surface area contributed by atoms with Crippen molar-refractivity contribution >= 4 is 39.8 Å². The maximum absolute atomic E-state index is 15.3. The zero-order chi connectivity index (χ0) is 30.5. The molecule has 4 aromatic rings. The lowest BCUT2D eigenvalue weighted by atomic mass is 10.0. The Hall–Kier alpha value is -4.97. The summed E-state index contributed by atoms with van der Waals surface area (Å²) in [4.78, 5) is 29.1. The number of aromatic nitrogens is 3. The lowest BCUT2D eigenvalue weighted by molar-refractivity contribution is -0.126. The Morgan fingerprint density at radius 2 is 1.82 bits per heavy atom. The van der Waals surface area contributed by atoms with Gasteiger partial charge in [0.05, 0.1) is 37.2 Å². The number of fused-ring (bicyclic) bond motifs is 1. The fourth-order valence-electron chi connectivity index (χ4n) is 5.41. The van der Waals surface area contributed by atoms with Crippen LogP contribution in [-0.4, -0.2) is 78.3 Å². The second kappa shape index (κ2) is 13.1. The lowest BCUT2D eigenvalue weighted by Gasteiger charge is -2.32. The van der Waals surface area contributed by atoms with Crippen molar-refractivity contribution in [3.63, 3.8) is 0 Å². The topological polar surface area (TPSA) is 114 Å². The first-order valence-corrected chi connectivity index (χ1v) is 14.5. The maximum Gasteiger partial charge on any atom is 0.245 e. The summed E-state index contributed by atoms with van der Waals surface area (Å²) >= 11 is 0. The molecule has 6 rings (SSSR count). The van der Waals surface area contributed by atoms with Crippen molar-refractivity contribution < 1.29 is 23.4 Å². The number of halogens is 1. The number of hydrogen-bond donors (Lipinski definition) is 2. The number of hydrogen-bond acceptors (Lipinski definition) is 10. The van der Waals surface area contributed by atoms with Crippen LogP contribution >= 0.6 is 0 Å². The number of morpholine rings is 1. The molecule has 1 amide bonds. The molecule has 2 aliphatic rings. The van der Waals surface area contributed by atoms with Crippen LogP contribution in [0, 0.1) is 5.82 Å². The van der Waals surface area contributed by atoms with Crippen molar-refractivity contribution in [1.82, 2.24) is 19.9 Å². The largest absolute Gasteiger partial charge is 0.495 e. The van der Waals surface area contributed by atoms with E-state index in [1.165, 1.54) is 18.5 Å². The second-order valence-corrected chi connectivity index (χ2v) is 10.6. The van der Waals surface area contributed by atoms with E-state index < -0.39 is 5.82 Å². The summed E-state index contributed by atoms with van der Waals surface area (Å²) in [6.45, 7) is 7.68. The Labute approximate surface area is 254 Å². The van der Waals surface area contributed by atoms with Crippen LogP contribution < -0.4 is 25.0 Å². The van der Waals surface area contributed by atoms with E-state index in [2.05, 4.69) is 37.1 Å². The van der Waals surface area contributed by atoms with Gasteiger partial charge in [-0.25, -0.2) is 19.3 Å². The third-order valence-electron chi connectivity index (χ3n) is 7.78. The summed E-state index contributed by atoms with van der Waals surface area (Å²) in [5.74, 6) is 2.24. The zero-order valence-electron chi connectivity index (χ0n) is 24.5. The van der Waals surface area contributed by atoms with Gasteiger partial charge in [-0.1, -0.05) is 6.58 Å². The Balaban J connectivity index is 1.18. The number of rotatable bonds is 9. The predicted molar refractivity (Wildman–Crippen MR) is 167 cm³/mol. The van der Waals surface area contributed by atoms with E-state index in [9.17, 15) is 4.79 Å². The number of nitrogens with one attached hydrogen (secondary N) is 2. The van der Waals surface area contributed by atoms with Crippen LogP contribution in [0.2, 0.25) is 0 Å². The average molecular weight is 600 g/mol. The van der Waals surface area contributed by atoms with Gasteiger partial charge in [0.15, 0.2) is 0 Å². The molecule has 2 saturated heterocycles. The number of nitrogens with zero attached hydrogens (tertiary/aromatic N) is 5. The van der Waals surface area contributed by atoms with Gasteiger partial charge in [-0.3, -0.25) is 4.79 Å². The summed E-state index contributed by atoms with van der Waals surface area (Å²) in [5.41, 5.74) is 1.65. The number of benzene rings is 2. The number of pyridine rings is 1. The third kappa shape index (κ3) is 6.50. The first-order valence-electron chi connectivity index (χ1n) is 14.5. The van der Waals surface area contributed by atoms with Crippen LogP contribution in [0.1, 0.15) is 12.8 Å². The van der Waals surface area contributed by atoms with Crippen LogP contribution in [0.15, 0.2) is 67.6 Å². The molecule has 0 unspecified atom stereocenters. The van der Waals surface area contributed by atoms with Crippen molar-refractivity contribution in [1.29, 1.82) is 0 Å². The minimum atomic E-state index is -0.496. The molecule has 2 N–H and O–H groups in total. The van der Waals surface area contributed by atoms with Crippen molar-refractivity contribution in [2.45, 2.75) is 18.9 Å². The van der Waals surface area contributed by atoms with Gasteiger partial charge in [0.2, 0.25) is 5.91 Å². The van der Waals surface area contributed by atoms with Gasteiger partial charge in [0.25, 0.3) is 0 Å². The highest BCUT2D eigenvalue weighted by atomic mass is 19.1. The van der Waals surface area contributed by atoms with Crippen molar-refractivity contribution in [3.8, 4) is 17.2 Å². The van der Waals surface area contributed by atoms with Crippen LogP contribution in [0.3, 0.4) is 0 Å². The van der Waals surface area contributed by atoms with E-state index in [-0.39, 0.29) is 17.6 Å². The number of ether oxygens (including phenoxy) is 3. The van der Waals surface area contributed by atoms with Gasteiger partial charge >= 0.3 is 0 Å². The quantitative estimate of drug-likeness (QED) is 0.251. The first kappa shape index (κ1) is 29.1. The highest BCUT2D eigenvalue weighted by molar-refractivity contribution is 5.95. The van der Waals surface area contributed by atoms with Crippen molar-refractivity contribution in [3.05, 3.63) is 73.5 Å². The third-order valence-corrected chi connectivity index (χ3v) is 7.78. The van der Waals surface area contributed by atoms with Gasteiger partial charge in [0, 0.05) is 62.0 Å². The zero-order valence-corrected chi connectivity index (χ0v) is 24.5. The second-order valence-electron chi connectivity index (χ2n) is 10.6. The summed E-state index contributed by atoms with van der Waals surface area (Å²) in [6.07, 6.45) is 6.02. The highest BCUT2D eigenvalue weighted by Crippen LogP contribution is 2.35. The summed E-state index contributed by atoms with van der Waals surface area (Å²) in [5, 5.41) is 7.37. The number of amides is 1. The Morgan fingerprint density at radius 3 is 2.57 bits per heavy atom. The van der Waals surface area contributed by atoms with Crippen LogP contribution in [0.5, 0.6) is 17.2 Å². The fraction of sp³-hybridized carbons (Fsp3) is 0.312. The minimum absolute atomic E-state index is 0.0540. The predicted octanol–water partition coefficient (Wildman–Crippen LogP) is 5.13. The monoisotopic (exact) mass is 599 g/mol. The van der Waals surface area contributed by atoms with Crippen LogP contribution in [-0.2, 0) is 9.53 Å². The standard InChI is InChI=1S/C32H34FN7O4/c1-3-31(41)40-10-7-21(8-11-40)37-28-18-24-27(19-29(28)42-2)35-20-36-32(24)38-26-5-4-22(16-25(26)33)44-23-6-9-34-30(17-23)39-12-14-43-15-13-39/h3-6,9,16-21,37H,1,7-8,10-15H2,2H3,(H,35,36,38). The van der Waals surface area contributed by atoms with Crippen LogP contribution in [0.25, 0.3) is 10.9 Å². The Kier molecular flexibility index (Phi) is 8.69. The van der Waals surface area contributed by atoms with E-state index in [0.29, 0.717) is 60.3 Å². The minimum Gasteiger partial charge on any atom is -0.495 e. The van der Waals surface area contributed by atoms with Gasteiger partial charge in [0.1, 0.15) is 41.0 Å². The number of piperidine rings is 1. The normalized spacial score (nSPS) is 15.6. The summed E-state index contributed by atoms with van der Waals surface area (Å²) < 4.78 is 32.4. The molecule has 2 aliphatic heterocycles. The van der Waals surface area contributed by atoms with Gasteiger partial charge in [-0.15, -0.1) is 0 Å². The number of anilines is 4. The van der Waals surface area contributed by atoms with E-state index in [1.807, 2.05) is 18.2 Å². The number of methoxy groups -OCH3 is 1. The Bertz CT molecular complexity index is 1660. The molecule has 2 aromatic heterocycles. The number of carbonyl (C=O) groups is 1. The molecule has 2 aromatic carbocycles. The molecular weight excluding hydrogens is 565 g/mol. The molecule has 0 spiro atoms. The molecule has 11 nitrogen and oxygen atoms in total. The molecule has 0 atom stereocenters. The molecule has 0 bridgehead atoms. The SMILES string of the molecule is C=CC(=O)N1CCC(Nc2cc3c(Nc4ccc(Oc5ccnc(N6CCOCC6)c5)cc4F)ncnc3cc2OC)CC1. The molecule has 0 radical (unpaired) electrons. The van der Waals surface area contributed by atoms with Gasteiger partial charge < -0.3 is 34.6 Å². The van der Waals surface area contributed by atoms with E-state index >= 15 is 4.39 Å². The van der Waals surface area contributed by atoms with E-state index in [4.69, 9.17) is 14.2 Å². The van der Waals surface area contributed by atoms with Crippen LogP contribution in [0.4, 0.5) is 27.4 Å². The summed E-state index contributed by atoms with van der Waals surface area (Å²) in [6, 6.07) is 12.1. The van der Waals surface area contributed by atoms with Gasteiger partial charge in [-0.2, -0.15) is 0 Å². The number of likely N-dealkylation sites (tertiary alicyclic amines) is 1. The number of carbonyl (C=O) groups excluding carboxylic acids is 1. The maximum atomic E-state index is 15.3. The van der Waals surface area contributed by atoms with Crippen molar-refractivity contribution in [2.75, 3.05) is 62.0 Å². The fourth-order valence-corrected chi connectivity index (χ4v) is 5.41. The van der Waals surface area contributed by atoms with E-state index in [0.717, 1.165) is 37.4 Å². The van der Waals surface area contributed by atoms with Gasteiger partial charge in [-0.05, 0) is 43.2 Å². The Morgan fingerprint density at radius 1 is 1.02 bits per heavy atom. The molecule has 12 heteroatoms. The molecule has 4 heterocycles. The average Bonchev–Trinajstić information content (AvgIpc) is 3.06. The first-order chi connectivity index (χ1) is 21.5. The highest BCUT2D eigenvalue weighted by Gasteiger charge is 2.23. The molecule has 44 heavy (non-hydrogen) atoms. The summed E-state index contributed by atoms with van der Waals surface area (Å²) in [7, 11) is 1.60. The van der Waals surface area contributed by atoms with Crippen molar-refractivity contribution in [2.24, 2.45) is 0 Å². The molecule has 2 fully saturated rings. The molecule has 0 aliphatic carbocycles. The molecular formula is C32H34FN7O4. The molecule has 228 valence electrons.